The molecule has 116 valence electrons. The SMILES string of the molecule is O=C(Nc1nnc(Cc2ccc(F)cc2)o1)c1cccc(Cl)c1. The highest BCUT2D eigenvalue weighted by atomic mass is 35.5. The van der Waals surface area contributed by atoms with Crippen LogP contribution in [0.3, 0.4) is 0 Å². The Morgan fingerprint density at radius 3 is 2.70 bits per heavy atom. The van der Waals surface area contributed by atoms with Crippen molar-refractivity contribution in [2.24, 2.45) is 0 Å². The topological polar surface area (TPSA) is 68.0 Å². The minimum absolute atomic E-state index is 0.00733. The van der Waals surface area contributed by atoms with Crippen LogP contribution in [0.2, 0.25) is 5.02 Å². The molecule has 1 N–H and O–H groups in total. The molecule has 0 aliphatic rings. The smallest absolute Gasteiger partial charge is 0.322 e. The second-order valence-corrected chi connectivity index (χ2v) is 5.21. The molecule has 0 saturated heterocycles. The van der Waals surface area contributed by atoms with E-state index in [2.05, 4.69) is 15.5 Å². The maximum Gasteiger partial charge on any atom is 0.322 e. The van der Waals surface area contributed by atoms with Crippen LogP contribution in [0.1, 0.15) is 21.8 Å². The lowest BCUT2D eigenvalue weighted by atomic mass is 10.1. The normalized spacial score (nSPS) is 10.5. The summed E-state index contributed by atoms with van der Waals surface area (Å²) in [7, 11) is 0. The lowest BCUT2D eigenvalue weighted by molar-refractivity contribution is 0.102. The van der Waals surface area contributed by atoms with Crippen molar-refractivity contribution in [3.05, 3.63) is 76.4 Å². The van der Waals surface area contributed by atoms with Gasteiger partial charge in [-0.3, -0.25) is 10.1 Å². The zero-order chi connectivity index (χ0) is 16.2. The van der Waals surface area contributed by atoms with Crippen LogP contribution in [0.4, 0.5) is 10.4 Å². The Morgan fingerprint density at radius 1 is 1.17 bits per heavy atom. The molecule has 0 fully saturated rings. The molecular weight excluding hydrogens is 321 g/mol. The number of carbonyl (C=O) groups is 1. The molecule has 7 heteroatoms. The molecule has 0 aliphatic carbocycles. The number of anilines is 1. The number of benzene rings is 2. The third-order valence-electron chi connectivity index (χ3n) is 3.04. The average molecular weight is 332 g/mol. The van der Waals surface area contributed by atoms with Crippen LogP contribution in [0.25, 0.3) is 0 Å². The van der Waals surface area contributed by atoms with E-state index in [0.717, 1.165) is 5.56 Å². The molecule has 2 aromatic carbocycles. The predicted octanol–water partition coefficient (Wildman–Crippen LogP) is 3.71. The van der Waals surface area contributed by atoms with Crippen molar-refractivity contribution in [3.63, 3.8) is 0 Å². The molecule has 0 saturated carbocycles. The molecule has 0 bridgehead atoms. The highest BCUT2D eigenvalue weighted by molar-refractivity contribution is 6.31. The summed E-state index contributed by atoms with van der Waals surface area (Å²) in [5, 5.41) is 10.6. The Hall–Kier alpha value is -2.73. The fraction of sp³-hybridized carbons (Fsp3) is 0.0625. The van der Waals surface area contributed by atoms with Gasteiger partial charge < -0.3 is 4.42 Å². The third-order valence-corrected chi connectivity index (χ3v) is 3.28. The van der Waals surface area contributed by atoms with Crippen molar-refractivity contribution < 1.29 is 13.6 Å². The van der Waals surface area contributed by atoms with Crippen LogP contribution in [-0.2, 0) is 6.42 Å². The molecule has 5 nitrogen and oxygen atoms in total. The molecule has 1 heterocycles. The number of nitrogens with zero attached hydrogens (tertiary/aromatic N) is 2. The lowest BCUT2D eigenvalue weighted by Gasteiger charge is -2.00. The Morgan fingerprint density at radius 2 is 1.96 bits per heavy atom. The molecule has 0 aliphatic heterocycles. The second kappa shape index (κ2) is 6.58. The van der Waals surface area contributed by atoms with Crippen molar-refractivity contribution in [2.75, 3.05) is 5.32 Å². The predicted molar refractivity (Wildman–Crippen MR) is 82.9 cm³/mol. The molecule has 0 atom stereocenters. The van der Waals surface area contributed by atoms with Gasteiger partial charge in [-0.15, -0.1) is 5.10 Å². The fourth-order valence-corrected chi connectivity index (χ4v) is 2.14. The first kappa shape index (κ1) is 15.2. The third kappa shape index (κ3) is 3.92. The molecule has 23 heavy (non-hydrogen) atoms. The Kier molecular flexibility index (Phi) is 4.34. The highest BCUT2D eigenvalue weighted by Crippen LogP contribution is 2.15. The van der Waals surface area contributed by atoms with E-state index in [9.17, 15) is 9.18 Å². The van der Waals surface area contributed by atoms with Crippen LogP contribution in [-0.4, -0.2) is 16.1 Å². The van der Waals surface area contributed by atoms with Gasteiger partial charge in [0, 0.05) is 10.6 Å². The van der Waals surface area contributed by atoms with Gasteiger partial charge in [0.05, 0.1) is 6.42 Å². The van der Waals surface area contributed by atoms with E-state index in [1.54, 1.807) is 30.3 Å². The molecule has 0 radical (unpaired) electrons. The zero-order valence-corrected chi connectivity index (χ0v) is 12.5. The average Bonchev–Trinajstić information content (AvgIpc) is 2.96. The van der Waals surface area contributed by atoms with Crippen LogP contribution < -0.4 is 5.32 Å². The van der Waals surface area contributed by atoms with E-state index < -0.39 is 5.91 Å². The second-order valence-electron chi connectivity index (χ2n) is 4.77. The number of amides is 1. The van der Waals surface area contributed by atoms with Gasteiger partial charge >= 0.3 is 6.01 Å². The summed E-state index contributed by atoms with van der Waals surface area (Å²) in [5.41, 5.74) is 1.21. The van der Waals surface area contributed by atoms with E-state index in [1.807, 2.05) is 0 Å². The Labute approximate surface area is 136 Å². The summed E-state index contributed by atoms with van der Waals surface area (Å²) < 4.78 is 18.2. The van der Waals surface area contributed by atoms with Gasteiger partial charge in [0.2, 0.25) is 5.89 Å². The first-order chi connectivity index (χ1) is 11.1. The van der Waals surface area contributed by atoms with Crippen LogP contribution in [0.5, 0.6) is 0 Å². The molecule has 1 amide bonds. The minimum atomic E-state index is -0.399. The summed E-state index contributed by atoms with van der Waals surface area (Å²) in [4.78, 5) is 12.0. The van der Waals surface area contributed by atoms with Gasteiger partial charge in [-0.25, -0.2) is 4.39 Å². The summed E-state index contributed by atoms with van der Waals surface area (Å²) in [6.07, 6.45) is 0.348. The quantitative estimate of drug-likeness (QED) is 0.791. The Balaban J connectivity index is 1.67. The number of hydrogen-bond donors (Lipinski definition) is 1. The molecular formula is C16H11ClFN3O2. The van der Waals surface area contributed by atoms with E-state index >= 15 is 0 Å². The lowest BCUT2D eigenvalue weighted by Crippen LogP contribution is -2.11. The van der Waals surface area contributed by atoms with E-state index in [0.29, 0.717) is 22.9 Å². The van der Waals surface area contributed by atoms with E-state index in [4.69, 9.17) is 16.0 Å². The molecule has 0 unspecified atom stereocenters. The number of hydrogen-bond acceptors (Lipinski definition) is 4. The number of rotatable bonds is 4. The zero-order valence-electron chi connectivity index (χ0n) is 11.8. The summed E-state index contributed by atoms with van der Waals surface area (Å²) in [5.74, 6) is -0.392. The van der Waals surface area contributed by atoms with Crippen molar-refractivity contribution in [1.82, 2.24) is 10.2 Å². The van der Waals surface area contributed by atoms with Gasteiger partial charge in [-0.1, -0.05) is 34.9 Å². The monoisotopic (exact) mass is 331 g/mol. The first-order valence-corrected chi connectivity index (χ1v) is 7.12. The number of carbonyl (C=O) groups excluding carboxylic acids is 1. The maximum absolute atomic E-state index is 12.9. The van der Waals surface area contributed by atoms with Crippen molar-refractivity contribution in [3.8, 4) is 0 Å². The maximum atomic E-state index is 12.9. The summed E-state index contributed by atoms with van der Waals surface area (Å²) >= 11 is 5.84. The fourth-order valence-electron chi connectivity index (χ4n) is 1.95. The summed E-state index contributed by atoms with van der Waals surface area (Å²) in [6.45, 7) is 0. The minimum Gasteiger partial charge on any atom is -0.407 e. The van der Waals surface area contributed by atoms with Crippen molar-refractivity contribution in [2.45, 2.75) is 6.42 Å². The molecule has 3 rings (SSSR count). The van der Waals surface area contributed by atoms with Gasteiger partial charge in [0.1, 0.15) is 5.82 Å². The van der Waals surface area contributed by atoms with Gasteiger partial charge in [0.25, 0.3) is 5.91 Å². The van der Waals surface area contributed by atoms with Crippen LogP contribution in [0.15, 0.2) is 52.9 Å². The number of nitrogens with one attached hydrogen (secondary N) is 1. The molecule has 3 aromatic rings. The van der Waals surface area contributed by atoms with E-state index in [-0.39, 0.29) is 11.8 Å². The molecule has 1 aromatic heterocycles. The van der Waals surface area contributed by atoms with Crippen LogP contribution in [0, 0.1) is 5.82 Å². The van der Waals surface area contributed by atoms with Crippen molar-refractivity contribution >= 4 is 23.5 Å². The molecule has 0 spiro atoms. The first-order valence-electron chi connectivity index (χ1n) is 6.74. The summed E-state index contributed by atoms with van der Waals surface area (Å²) in [6, 6.07) is 12.5. The van der Waals surface area contributed by atoms with Crippen LogP contribution >= 0.6 is 11.6 Å². The van der Waals surface area contributed by atoms with E-state index in [1.165, 1.54) is 18.2 Å². The van der Waals surface area contributed by atoms with Crippen molar-refractivity contribution in [1.29, 1.82) is 0 Å². The Bertz CT molecular complexity index is 833. The number of halogens is 2. The van der Waals surface area contributed by atoms with Gasteiger partial charge in [-0.2, -0.15) is 0 Å². The number of aromatic nitrogens is 2. The standard InChI is InChI=1S/C16H11ClFN3O2/c17-12-3-1-2-11(9-12)15(22)19-16-21-20-14(23-16)8-10-4-6-13(18)7-5-10/h1-7,9H,8H2,(H,19,21,22). The largest absolute Gasteiger partial charge is 0.407 e. The van der Waals surface area contributed by atoms with Gasteiger partial charge in [0.15, 0.2) is 0 Å². The highest BCUT2D eigenvalue weighted by Gasteiger charge is 2.12. The van der Waals surface area contributed by atoms with Gasteiger partial charge in [-0.05, 0) is 35.9 Å².